The van der Waals surface area contributed by atoms with Crippen molar-refractivity contribution >= 4 is 41.6 Å². The van der Waals surface area contributed by atoms with Crippen molar-refractivity contribution in [1.29, 1.82) is 0 Å². The average Bonchev–Trinajstić information content (AvgIpc) is 2.04. The summed E-state index contributed by atoms with van der Waals surface area (Å²) in [6, 6.07) is 9.18. The fraction of sp³-hybridized carbons (Fsp3) is 0. The van der Waals surface area contributed by atoms with Gasteiger partial charge in [-0.05, 0) is 12.1 Å². The molecule has 0 bridgehead atoms. The molecule has 0 atom stereocenters. The first-order valence-electron chi connectivity index (χ1n) is 3.67. The van der Waals surface area contributed by atoms with Gasteiger partial charge in [-0.2, -0.15) is 4.99 Å². The maximum absolute atomic E-state index is 5.41. The van der Waals surface area contributed by atoms with Crippen molar-refractivity contribution in [2.75, 3.05) is 0 Å². The lowest BCUT2D eigenvalue weighted by Gasteiger charge is -1.94. The Kier molecular flexibility index (Phi) is 5.61. The normalized spacial score (nSPS) is 10.1. The lowest BCUT2D eigenvalue weighted by atomic mass is 10.3. The first-order valence-corrected chi connectivity index (χ1v) is 3.67. The molecule has 6 N–H and O–H groups in total. The van der Waals surface area contributed by atoms with Crippen LogP contribution in [0.4, 0.5) is 5.69 Å². The van der Waals surface area contributed by atoms with Gasteiger partial charge in [-0.25, -0.2) is 4.99 Å². The maximum Gasteiger partial charge on any atom is 0.223 e. The van der Waals surface area contributed by atoms with Crippen LogP contribution in [0.3, 0.4) is 0 Å². The van der Waals surface area contributed by atoms with Crippen molar-refractivity contribution < 1.29 is 0 Å². The zero-order chi connectivity index (χ0) is 9.68. The zero-order valence-electron chi connectivity index (χ0n) is 7.42. The summed E-state index contributed by atoms with van der Waals surface area (Å²) in [6.45, 7) is 0. The van der Waals surface area contributed by atoms with Crippen LogP contribution in [-0.4, -0.2) is 11.9 Å². The van der Waals surface area contributed by atoms with E-state index in [1.54, 1.807) is 12.1 Å². The van der Waals surface area contributed by atoms with Crippen LogP contribution in [0.15, 0.2) is 40.3 Å². The number of aliphatic imine (C=N–C) groups is 2. The van der Waals surface area contributed by atoms with Crippen LogP contribution >= 0.6 is 24.0 Å². The molecule has 0 aliphatic rings. The number of para-hydroxylation sites is 1. The van der Waals surface area contributed by atoms with E-state index in [4.69, 9.17) is 17.2 Å². The molecule has 1 aromatic rings. The van der Waals surface area contributed by atoms with Crippen LogP contribution in [-0.2, 0) is 0 Å². The number of rotatable bonds is 1. The number of hydrogen-bond acceptors (Lipinski definition) is 1. The Balaban J connectivity index is 0.00000169. The van der Waals surface area contributed by atoms with Gasteiger partial charge in [0.15, 0.2) is 5.96 Å². The molecule has 76 valence electrons. The Morgan fingerprint density at radius 2 is 1.57 bits per heavy atom. The Hall–Kier alpha value is -1.31. The van der Waals surface area contributed by atoms with E-state index in [9.17, 15) is 0 Å². The van der Waals surface area contributed by atoms with Crippen LogP contribution in [0, 0.1) is 0 Å². The molecule has 0 spiro atoms. The van der Waals surface area contributed by atoms with Crippen LogP contribution in [0.1, 0.15) is 0 Å². The van der Waals surface area contributed by atoms with Gasteiger partial charge >= 0.3 is 0 Å². The van der Waals surface area contributed by atoms with Gasteiger partial charge in [-0.15, -0.1) is 24.0 Å². The van der Waals surface area contributed by atoms with Crippen molar-refractivity contribution in [3.63, 3.8) is 0 Å². The predicted molar refractivity (Wildman–Crippen MR) is 68.9 cm³/mol. The molecular weight excluding hydrogens is 293 g/mol. The summed E-state index contributed by atoms with van der Waals surface area (Å²) in [5.74, 6) is -0.0524. The highest BCUT2D eigenvalue weighted by Gasteiger charge is 1.89. The van der Waals surface area contributed by atoms with Gasteiger partial charge in [0.25, 0.3) is 0 Å². The average molecular weight is 305 g/mol. The third-order valence-corrected chi connectivity index (χ3v) is 1.24. The van der Waals surface area contributed by atoms with Crippen LogP contribution in [0.25, 0.3) is 0 Å². The van der Waals surface area contributed by atoms with Gasteiger partial charge in [0, 0.05) is 0 Å². The second-order valence-corrected chi connectivity index (χ2v) is 2.34. The maximum atomic E-state index is 5.41. The third kappa shape index (κ3) is 4.65. The molecule has 1 rings (SSSR count). The molecule has 0 fully saturated rings. The lowest BCUT2D eigenvalue weighted by Crippen LogP contribution is -2.26. The molecule has 5 nitrogen and oxygen atoms in total. The number of halogens is 1. The Labute approximate surface area is 99.1 Å². The SMILES string of the molecule is I.NC(N)=NC(N)=Nc1ccccc1. The molecule has 6 heteroatoms. The van der Waals surface area contributed by atoms with Crippen molar-refractivity contribution in [1.82, 2.24) is 0 Å². The molecule has 14 heavy (non-hydrogen) atoms. The van der Waals surface area contributed by atoms with E-state index in [1.807, 2.05) is 18.2 Å². The Morgan fingerprint density at radius 1 is 1.00 bits per heavy atom. The highest BCUT2D eigenvalue weighted by molar-refractivity contribution is 14.0. The van der Waals surface area contributed by atoms with Gasteiger partial charge in [-0.3, -0.25) is 0 Å². The second kappa shape index (κ2) is 6.19. The molecular formula is C8H12IN5. The number of nitrogens with zero attached hydrogens (tertiary/aromatic N) is 2. The van der Waals surface area contributed by atoms with E-state index in [1.165, 1.54) is 0 Å². The van der Waals surface area contributed by atoms with Crippen molar-refractivity contribution in [3.8, 4) is 0 Å². The fourth-order valence-electron chi connectivity index (χ4n) is 0.792. The number of benzene rings is 1. The van der Waals surface area contributed by atoms with E-state index in [2.05, 4.69) is 9.98 Å². The second-order valence-electron chi connectivity index (χ2n) is 2.34. The molecule has 0 saturated carbocycles. The highest BCUT2D eigenvalue weighted by atomic mass is 127. The quantitative estimate of drug-likeness (QED) is 0.400. The zero-order valence-corrected chi connectivity index (χ0v) is 9.75. The van der Waals surface area contributed by atoms with E-state index >= 15 is 0 Å². The van der Waals surface area contributed by atoms with Gasteiger partial charge in [0.05, 0.1) is 5.69 Å². The summed E-state index contributed by atoms with van der Waals surface area (Å²) < 4.78 is 0. The van der Waals surface area contributed by atoms with Crippen molar-refractivity contribution in [2.45, 2.75) is 0 Å². The minimum absolute atomic E-state index is 0. The molecule has 0 unspecified atom stereocenters. The van der Waals surface area contributed by atoms with Crippen molar-refractivity contribution in [2.24, 2.45) is 27.2 Å². The minimum atomic E-state index is -0.0998. The fourth-order valence-corrected chi connectivity index (χ4v) is 0.792. The number of hydrogen-bond donors (Lipinski definition) is 3. The van der Waals surface area contributed by atoms with Gasteiger partial charge in [0.2, 0.25) is 5.96 Å². The number of guanidine groups is 2. The summed E-state index contributed by atoms with van der Waals surface area (Å²) in [5.41, 5.74) is 16.3. The van der Waals surface area contributed by atoms with E-state index in [0.717, 1.165) is 0 Å². The molecule has 0 aromatic heterocycles. The van der Waals surface area contributed by atoms with Gasteiger partial charge in [-0.1, -0.05) is 18.2 Å². The summed E-state index contributed by atoms with van der Waals surface area (Å²) in [7, 11) is 0. The minimum Gasteiger partial charge on any atom is -0.370 e. The van der Waals surface area contributed by atoms with E-state index in [0.29, 0.717) is 5.69 Å². The molecule has 0 heterocycles. The largest absolute Gasteiger partial charge is 0.370 e. The first kappa shape index (κ1) is 12.7. The standard InChI is InChI=1S/C8H11N5.HI/c9-7(10)13-8(11)12-6-4-2-1-3-5-6;/h1-5H,(H6,9,10,11,12,13);1H. The van der Waals surface area contributed by atoms with Crippen LogP contribution in [0.2, 0.25) is 0 Å². The Morgan fingerprint density at radius 3 is 2.07 bits per heavy atom. The highest BCUT2D eigenvalue weighted by Crippen LogP contribution is 2.08. The van der Waals surface area contributed by atoms with Gasteiger partial charge < -0.3 is 17.2 Å². The van der Waals surface area contributed by atoms with E-state index in [-0.39, 0.29) is 35.9 Å². The smallest absolute Gasteiger partial charge is 0.223 e. The summed E-state index contributed by atoms with van der Waals surface area (Å²) in [5, 5.41) is 0. The first-order chi connectivity index (χ1) is 6.18. The monoisotopic (exact) mass is 305 g/mol. The predicted octanol–water partition coefficient (Wildman–Crippen LogP) is 0.524. The molecule has 0 radical (unpaired) electrons. The summed E-state index contributed by atoms with van der Waals surface area (Å²) >= 11 is 0. The number of nitrogens with two attached hydrogens (primary N) is 3. The van der Waals surface area contributed by atoms with Crippen molar-refractivity contribution in [3.05, 3.63) is 30.3 Å². The summed E-state index contributed by atoms with van der Waals surface area (Å²) in [6.07, 6.45) is 0. The van der Waals surface area contributed by atoms with Gasteiger partial charge in [0.1, 0.15) is 0 Å². The van der Waals surface area contributed by atoms with Crippen LogP contribution < -0.4 is 17.2 Å². The van der Waals surface area contributed by atoms with Crippen LogP contribution in [0.5, 0.6) is 0 Å². The van der Waals surface area contributed by atoms with E-state index < -0.39 is 0 Å². The molecule has 1 aromatic carbocycles. The summed E-state index contributed by atoms with van der Waals surface area (Å²) in [4.78, 5) is 7.52. The molecule has 0 saturated heterocycles. The molecule has 0 amide bonds. The molecule has 0 aliphatic heterocycles. The Bertz CT molecular complexity index is 329. The topological polar surface area (TPSA) is 103 Å². The lowest BCUT2D eigenvalue weighted by molar-refractivity contribution is 1.38. The third-order valence-electron chi connectivity index (χ3n) is 1.24. The molecule has 0 aliphatic carbocycles.